The summed E-state index contributed by atoms with van der Waals surface area (Å²) in [6.07, 6.45) is 1.66. The summed E-state index contributed by atoms with van der Waals surface area (Å²) < 4.78 is 108. The van der Waals surface area contributed by atoms with E-state index >= 15 is 0 Å². The Balaban J connectivity index is 0.000000261. The Morgan fingerprint density at radius 1 is 0.829 bits per heavy atom. The summed E-state index contributed by atoms with van der Waals surface area (Å²) in [5.74, 6) is -7.45. The first-order chi connectivity index (χ1) is 16.6. The van der Waals surface area contributed by atoms with Crippen molar-refractivity contribution >= 4 is 0 Å². The van der Waals surface area contributed by atoms with Crippen molar-refractivity contribution in [2.24, 2.45) is 5.92 Å². The van der Waals surface area contributed by atoms with E-state index in [9.17, 15) is 35.3 Å². The molecule has 1 saturated heterocycles. The van der Waals surface area contributed by atoms with Crippen LogP contribution in [0.25, 0.3) is 11.1 Å². The molecule has 1 aliphatic rings. The van der Waals surface area contributed by atoms with E-state index in [1.165, 1.54) is 12.1 Å². The van der Waals surface area contributed by atoms with Gasteiger partial charge in [0.15, 0.2) is 23.2 Å². The van der Waals surface area contributed by atoms with Gasteiger partial charge >= 0.3 is 0 Å². The number of hydrogen-bond donors (Lipinski definition) is 0. The molecule has 4 rings (SSSR count). The average molecular weight is 504 g/mol. The lowest BCUT2D eigenvalue weighted by Gasteiger charge is -2.27. The largest absolute Gasteiger partial charge is 0.373 e. The molecule has 1 fully saturated rings. The Hall–Kier alpha value is -3.14. The van der Waals surface area contributed by atoms with E-state index in [4.69, 9.17) is 4.74 Å². The highest BCUT2D eigenvalue weighted by Crippen LogP contribution is 2.34. The van der Waals surface area contributed by atoms with E-state index in [1.807, 2.05) is 0 Å². The Kier molecular flexibility index (Phi) is 8.71. The fourth-order valence-electron chi connectivity index (χ4n) is 3.57. The van der Waals surface area contributed by atoms with Crippen LogP contribution in [-0.4, -0.2) is 6.61 Å². The second-order valence-corrected chi connectivity index (χ2v) is 8.07. The van der Waals surface area contributed by atoms with Crippen LogP contribution in [-0.2, 0) is 11.4 Å². The fourth-order valence-corrected chi connectivity index (χ4v) is 3.57. The Bertz CT molecular complexity index is 1130. The van der Waals surface area contributed by atoms with E-state index < -0.39 is 52.9 Å². The number of hydrogen-bond acceptors (Lipinski definition) is 2. The third-order valence-corrected chi connectivity index (χ3v) is 5.50. The SMILES string of the molecule is CC1CCC(c2ccc(-c3cc(F)c(CF)c(F)c3)c(F)c2)OC1.FOc1cc(F)c(F)c(F)c1. The monoisotopic (exact) mass is 504 g/mol. The molecule has 1 heterocycles. The summed E-state index contributed by atoms with van der Waals surface area (Å²) in [6.45, 7) is 1.50. The molecule has 0 bridgehead atoms. The van der Waals surface area contributed by atoms with Crippen LogP contribution in [0.1, 0.15) is 37.0 Å². The summed E-state index contributed by atoms with van der Waals surface area (Å²) in [4.78, 5) is 2.98. The molecule has 0 amide bonds. The molecule has 0 radical (unpaired) electrons. The highest BCUT2D eigenvalue weighted by Gasteiger charge is 2.22. The molecular weight excluding hydrogens is 484 g/mol. The zero-order valence-electron chi connectivity index (χ0n) is 18.4. The predicted molar refractivity (Wildman–Crippen MR) is 112 cm³/mol. The maximum atomic E-state index is 14.4. The van der Waals surface area contributed by atoms with Crippen LogP contribution in [0.4, 0.5) is 35.3 Å². The molecule has 10 heteroatoms. The minimum atomic E-state index is -1.65. The van der Waals surface area contributed by atoms with E-state index in [1.54, 1.807) is 6.07 Å². The van der Waals surface area contributed by atoms with Crippen molar-refractivity contribution in [3.8, 4) is 16.9 Å². The summed E-state index contributed by atoms with van der Waals surface area (Å²) in [5.41, 5.74) is 0.195. The molecular formula is C25H20F8O2. The molecule has 0 aliphatic carbocycles. The summed E-state index contributed by atoms with van der Waals surface area (Å²) >= 11 is 0. The zero-order chi connectivity index (χ0) is 25.7. The standard InChI is InChI=1S/C19H18F4O.C6H2F4O/c1-11-2-5-19(24-10-11)12-3-4-14(16(21)6-12)13-7-17(22)15(9-20)18(23)8-13;7-4-1-3(11-10)2-5(8)6(4)9/h3-4,6-8,11,19H,2,5,9-10H2,1H3;1-2H. The quantitative estimate of drug-likeness (QED) is 0.264. The lowest BCUT2D eigenvalue weighted by Crippen LogP contribution is -2.18. The summed E-state index contributed by atoms with van der Waals surface area (Å²) in [5, 5.41) is 0. The van der Waals surface area contributed by atoms with Crippen molar-refractivity contribution < 1.29 is 44.9 Å². The van der Waals surface area contributed by atoms with Gasteiger partial charge in [-0.2, -0.15) is 0 Å². The second-order valence-electron chi connectivity index (χ2n) is 8.07. The summed E-state index contributed by atoms with van der Waals surface area (Å²) in [6, 6.07) is 7.24. The van der Waals surface area contributed by atoms with Crippen LogP contribution < -0.4 is 4.94 Å². The van der Waals surface area contributed by atoms with Gasteiger partial charge in [0.05, 0.1) is 11.7 Å². The van der Waals surface area contributed by atoms with Crippen LogP contribution >= 0.6 is 0 Å². The van der Waals surface area contributed by atoms with Gasteiger partial charge in [0.2, 0.25) is 0 Å². The van der Waals surface area contributed by atoms with Crippen molar-refractivity contribution in [2.45, 2.75) is 32.5 Å². The third kappa shape index (κ3) is 6.30. The highest BCUT2D eigenvalue weighted by atomic mass is 19.3. The highest BCUT2D eigenvalue weighted by molar-refractivity contribution is 5.65. The summed E-state index contributed by atoms with van der Waals surface area (Å²) in [7, 11) is 0. The van der Waals surface area contributed by atoms with Gasteiger partial charge in [-0.1, -0.05) is 19.1 Å². The normalized spacial score (nSPS) is 17.5. The van der Waals surface area contributed by atoms with E-state index in [0.717, 1.165) is 25.0 Å². The topological polar surface area (TPSA) is 18.5 Å². The molecule has 0 saturated carbocycles. The van der Waals surface area contributed by atoms with E-state index in [2.05, 4.69) is 11.9 Å². The van der Waals surface area contributed by atoms with Crippen molar-refractivity contribution in [3.63, 3.8) is 0 Å². The lowest BCUT2D eigenvalue weighted by molar-refractivity contribution is -0.0125. The van der Waals surface area contributed by atoms with Gasteiger partial charge in [0.1, 0.15) is 24.1 Å². The zero-order valence-corrected chi connectivity index (χ0v) is 18.4. The maximum absolute atomic E-state index is 14.4. The Labute approximate surface area is 196 Å². The van der Waals surface area contributed by atoms with Crippen LogP contribution in [0.2, 0.25) is 0 Å². The van der Waals surface area contributed by atoms with Gasteiger partial charge in [0.25, 0.3) is 0 Å². The van der Waals surface area contributed by atoms with Crippen LogP contribution in [0.15, 0.2) is 42.5 Å². The molecule has 188 valence electrons. The minimum Gasteiger partial charge on any atom is -0.373 e. The van der Waals surface area contributed by atoms with Crippen molar-refractivity contribution in [2.75, 3.05) is 6.61 Å². The first kappa shape index (κ1) is 26.5. The third-order valence-electron chi connectivity index (χ3n) is 5.50. The second kappa shape index (κ2) is 11.5. The molecule has 3 aromatic carbocycles. The number of halogens is 8. The van der Waals surface area contributed by atoms with Crippen molar-refractivity contribution in [1.82, 2.24) is 0 Å². The van der Waals surface area contributed by atoms with Gasteiger partial charge in [-0.25, -0.2) is 30.7 Å². The molecule has 1 aliphatic heterocycles. The van der Waals surface area contributed by atoms with Crippen molar-refractivity contribution in [1.29, 1.82) is 0 Å². The molecule has 35 heavy (non-hydrogen) atoms. The minimum absolute atomic E-state index is 0.0458. The van der Waals surface area contributed by atoms with Crippen LogP contribution in [0.5, 0.6) is 5.75 Å². The predicted octanol–water partition coefficient (Wildman–Crippen LogP) is 8.10. The van der Waals surface area contributed by atoms with Gasteiger partial charge in [-0.3, -0.25) is 4.94 Å². The molecule has 0 N–H and O–H groups in total. The van der Waals surface area contributed by atoms with E-state index in [0.29, 0.717) is 30.2 Å². The maximum Gasteiger partial charge on any atom is 0.194 e. The Morgan fingerprint density at radius 3 is 1.94 bits per heavy atom. The smallest absolute Gasteiger partial charge is 0.194 e. The molecule has 0 aromatic heterocycles. The molecule has 2 atom stereocenters. The first-order valence-electron chi connectivity index (χ1n) is 10.5. The van der Waals surface area contributed by atoms with Crippen LogP contribution in [0, 0.1) is 40.8 Å². The number of alkyl halides is 1. The molecule has 2 unspecified atom stereocenters. The van der Waals surface area contributed by atoms with Crippen molar-refractivity contribution in [3.05, 3.63) is 88.5 Å². The van der Waals surface area contributed by atoms with Crippen LogP contribution in [0.3, 0.4) is 0 Å². The number of benzene rings is 3. The van der Waals surface area contributed by atoms with Gasteiger partial charge in [0, 0.05) is 28.8 Å². The number of rotatable bonds is 4. The molecule has 0 spiro atoms. The number of ether oxygens (including phenoxy) is 1. The fraction of sp³-hybridized carbons (Fsp3) is 0.280. The van der Waals surface area contributed by atoms with Gasteiger partial charge in [-0.15, -0.1) is 0 Å². The van der Waals surface area contributed by atoms with E-state index in [-0.39, 0.29) is 17.2 Å². The molecule has 3 aromatic rings. The van der Waals surface area contributed by atoms with Gasteiger partial charge < -0.3 is 4.74 Å². The lowest BCUT2D eigenvalue weighted by atomic mass is 9.94. The Morgan fingerprint density at radius 2 is 1.46 bits per heavy atom. The average Bonchev–Trinajstić information content (AvgIpc) is 2.82. The first-order valence-corrected chi connectivity index (χ1v) is 10.5. The molecule has 2 nitrogen and oxygen atoms in total. The van der Waals surface area contributed by atoms with Gasteiger partial charge in [-0.05, 0) is 48.1 Å².